The Bertz CT molecular complexity index is 2190. The molecule has 450 valence electrons. The van der Waals surface area contributed by atoms with E-state index in [0.29, 0.717) is 37.9 Å². The van der Waals surface area contributed by atoms with Crippen molar-refractivity contribution >= 4 is 59.3 Å². The molecule has 13 nitrogen and oxygen atoms in total. The van der Waals surface area contributed by atoms with Gasteiger partial charge in [-0.2, -0.15) is 0 Å². The van der Waals surface area contributed by atoms with Gasteiger partial charge < -0.3 is 51.5 Å². The van der Waals surface area contributed by atoms with Gasteiger partial charge in [-0.3, -0.25) is 4.79 Å². The molecular formula is C62H105IO13Si3. The second kappa shape index (κ2) is 27.0. The monoisotopic (exact) mass is 1270 g/mol. The number of ketones is 1. The summed E-state index contributed by atoms with van der Waals surface area (Å²) in [6.45, 7) is 43.5. The number of fused-ring (bicyclic) bond motifs is 2. The molecule has 5 aliphatic heterocycles. The van der Waals surface area contributed by atoms with Crippen molar-refractivity contribution in [1.82, 2.24) is 0 Å². The number of aliphatic hydroxyl groups excluding tert-OH is 1. The van der Waals surface area contributed by atoms with Crippen LogP contribution in [0.3, 0.4) is 0 Å². The van der Waals surface area contributed by atoms with Crippen LogP contribution in [0.25, 0.3) is 0 Å². The number of aliphatic hydroxyl groups is 1. The maximum Gasteiger partial charge on any atom is 0.338 e. The van der Waals surface area contributed by atoms with E-state index in [0.717, 1.165) is 42.3 Å². The molecule has 17 heteroatoms. The third-order valence-corrected chi connectivity index (χ3v) is 34.3. The summed E-state index contributed by atoms with van der Waals surface area (Å²) in [4.78, 5) is 28.0. The Kier molecular flexibility index (Phi) is 22.9. The van der Waals surface area contributed by atoms with Crippen LogP contribution < -0.4 is 0 Å². The number of rotatable bonds is 24. The normalized spacial score (nSPS) is 31.8. The Balaban J connectivity index is 1.25. The Labute approximate surface area is 493 Å². The molecule has 5 heterocycles. The lowest BCUT2D eigenvalue weighted by Gasteiger charge is -2.56. The van der Waals surface area contributed by atoms with E-state index in [9.17, 15) is 14.7 Å². The van der Waals surface area contributed by atoms with Gasteiger partial charge in [0.25, 0.3) is 0 Å². The topological polar surface area (TPSA) is 147 Å². The number of ether oxygens (including phenoxy) is 7. The lowest BCUT2D eigenvalue weighted by atomic mass is 9.82. The molecule has 0 amide bonds. The molecule has 0 radical (unpaired) electrons. The van der Waals surface area contributed by atoms with Gasteiger partial charge in [0.05, 0.1) is 61.0 Å². The fourth-order valence-corrected chi connectivity index (χ4v) is 16.2. The van der Waals surface area contributed by atoms with Crippen LogP contribution in [0.1, 0.15) is 151 Å². The third kappa shape index (κ3) is 16.4. The number of halogens is 1. The smallest absolute Gasteiger partial charge is 0.338 e. The van der Waals surface area contributed by atoms with Crippen molar-refractivity contribution in [3.63, 3.8) is 0 Å². The standard InChI is InChI=1S/C62H105IO13Si3/c1-20-44(71-58(66)42-24-22-21-23-25-42)26-30-50(74-77(14,15)59(4,5)6)55-57(76-79(18,19)61(10,11)12)56(75-78(16,17)60(7,8)9)54-49(72-55)29-27-45(70-54)35-43(64)36-47-51(69-38-52(47)67-13)37-48(65)41(3)40(2)34-46-28-31-53-62(39-63,73-46)32-33-68-53/h21-26,30,40,44-57,65H,3,20,27-29,31-39H2,1-2,4-19H3/b30-26+/t40?,44?,45-,46-,47?,48?,49+,50?,51+,52+,53+,54?,55?,56+,57-,62-/m1/s1. The van der Waals surface area contributed by atoms with Gasteiger partial charge in [0.1, 0.15) is 41.9 Å². The molecule has 5 fully saturated rings. The molecule has 1 aromatic carbocycles. The van der Waals surface area contributed by atoms with Crippen molar-refractivity contribution in [3.8, 4) is 0 Å². The lowest BCUT2D eigenvalue weighted by Crippen LogP contribution is -2.69. The largest absolute Gasteiger partial charge is 0.455 e. The van der Waals surface area contributed by atoms with Gasteiger partial charge in [-0.1, -0.05) is 130 Å². The summed E-state index contributed by atoms with van der Waals surface area (Å²) in [7, 11) is -5.97. The van der Waals surface area contributed by atoms with Crippen LogP contribution in [0.4, 0.5) is 0 Å². The van der Waals surface area contributed by atoms with Crippen LogP contribution in [0.5, 0.6) is 0 Å². The first kappa shape index (κ1) is 67.0. The Morgan fingerprint density at radius 3 is 2.04 bits per heavy atom. The van der Waals surface area contributed by atoms with Gasteiger partial charge in [-0.25, -0.2) is 4.79 Å². The Hall–Kier alpha value is -1.18. The minimum absolute atomic E-state index is 0.0321. The van der Waals surface area contributed by atoms with Crippen molar-refractivity contribution in [1.29, 1.82) is 0 Å². The molecule has 0 aromatic heterocycles. The van der Waals surface area contributed by atoms with E-state index in [-0.39, 0.29) is 93.8 Å². The number of carbonyl (C=O) groups excluding carboxylic acids is 2. The van der Waals surface area contributed by atoms with Gasteiger partial charge >= 0.3 is 5.97 Å². The summed E-state index contributed by atoms with van der Waals surface area (Å²) in [6.07, 6.45) is 4.85. The predicted octanol–water partition coefficient (Wildman–Crippen LogP) is 13.5. The molecule has 0 bridgehead atoms. The highest BCUT2D eigenvalue weighted by atomic mass is 127. The molecule has 5 aliphatic rings. The SMILES string of the molecule is C=C(C(C)C[C@H]1CC[C@@H]2OCC[C@]2(CI)O1)C(O)C[C@@H]1OC[C@H](OC)C1CC(=O)C[C@H]1CC[C@@H]2OC(C(/C=C/C(CC)OC(=O)c3ccccc3)O[Si](C)(C)C(C)(C)C)[C@@H](O[Si](C)(C)C(C)(C)C)[C@@H](O[Si](C)(C)C(C)(C)C)C2O1. The molecule has 79 heavy (non-hydrogen) atoms. The van der Waals surface area contributed by atoms with E-state index in [1.54, 1.807) is 19.2 Å². The van der Waals surface area contributed by atoms with E-state index >= 15 is 0 Å². The highest BCUT2D eigenvalue weighted by molar-refractivity contribution is 14.1. The summed E-state index contributed by atoms with van der Waals surface area (Å²) in [5, 5.41) is 11.3. The molecule has 0 saturated carbocycles. The van der Waals surface area contributed by atoms with E-state index in [1.165, 1.54) is 0 Å². The minimum atomic E-state index is -2.58. The molecule has 6 rings (SSSR count). The van der Waals surface area contributed by atoms with Crippen LogP contribution >= 0.6 is 22.6 Å². The van der Waals surface area contributed by atoms with Crippen molar-refractivity contribution in [3.05, 3.63) is 60.2 Å². The number of benzene rings is 1. The van der Waals surface area contributed by atoms with Gasteiger partial charge in [-0.15, -0.1) is 0 Å². The summed E-state index contributed by atoms with van der Waals surface area (Å²) >= 11 is 2.43. The molecule has 5 saturated heterocycles. The molecule has 7 unspecified atom stereocenters. The summed E-state index contributed by atoms with van der Waals surface area (Å²) in [5.41, 5.74) is 1.04. The summed E-state index contributed by atoms with van der Waals surface area (Å²) in [5.74, 6) is -0.525. The lowest BCUT2D eigenvalue weighted by molar-refractivity contribution is -0.266. The van der Waals surface area contributed by atoms with Crippen molar-refractivity contribution in [2.45, 2.75) is 280 Å². The molecule has 0 spiro atoms. The number of methoxy groups -OCH3 is 1. The maximum absolute atomic E-state index is 14.6. The minimum Gasteiger partial charge on any atom is -0.455 e. The average molecular weight is 1270 g/mol. The molecule has 1 N–H and O–H groups in total. The van der Waals surface area contributed by atoms with E-state index < -0.39 is 67.7 Å². The second-order valence-electron chi connectivity index (χ2n) is 28.4. The van der Waals surface area contributed by atoms with Crippen molar-refractivity contribution in [2.75, 3.05) is 24.8 Å². The van der Waals surface area contributed by atoms with Crippen LogP contribution in [-0.4, -0.2) is 152 Å². The summed E-state index contributed by atoms with van der Waals surface area (Å²) < 4.78 is 69.7. The van der Waals surface area contributed by atoms with Crippen LogP contribution in [0.2, 0.25) is 54.4 Å². The zero-order valence-corrected chi connectivity index (χ0v) is 57.0. The highest BCUT2D eigenvalue weighted by Gasteiger charge is 2.58. The third-order valence-electron chi connectivity index (χ3n) is 19.6. The Morgan fingerprint density at radius 2 is 1.44 bits per heavy atom. The molecule has 16 atom stereocenters. The maximum atomic E-state index is 14.6. The quantitative estimate of drug-likeness (QED) is 0.0345. The zero-order valence-electron chi connectivity index (χ0n) is 51.8. The van der Waals surface area contributed by atoms with Crippen LogP contribution in [0, 0.1) is 11.8 Å². The van der Waals surface area contributed by atoms with Crippen LogP contribution in [0.15, 0.2) is 54.6 Å². The van der Waals surface area contributed by atoms with E-state index in [2.05, 4.69) is 144 Å². The van der Waals surface area contributed by atoms with Crippen LogP contribution in [-0.2, 0) is 51.2 Å². The number of esters is 1. The highest BCUT2D eigenvalue weighted by Crippen LogP contribution is 2.48. The second-order valence-corrected chi connectivity index (χ2v) is 43.4. The number of alkyl halides is 1. The van der Waals surface area contributed by atoms with Gasteiger partial charge in [0.2, 0.25) is 0 Å². The Morgan fingerprint density at radius 1 is 0.823 bits per heavy atom. The first-order chi connectivity index (χ1) is 36.7. The molecule has 0 aliphatic carbocycles. The van der Waals surface area contributed by atoms with Crippen molar-refractivity contribution < 1.29 is 61.1 Å². The van der Waals surface area contributed by atoms with Gasteiger partial charge in [0.15, 0.2) is 25.0 Å². The number of carbonyl (C=O) groups is 2. The van der Waals surface area contributed by atoms with Gasteiger partial charge in [0, 0.05) is 49.7 Å². The first-order valence-corrected chi connectivity index (χ1v) is 40.1. The predicted molar refractivity (Wildman–Crippen MR) is 330 cm³/mol. The number of hydrogen-bond acceptors (Lipinski definition) is 13. The molecule has 1 aromatic rings. The molecular weight excluding hydrogens is 1160 g/mol. The average Bonchev–Trinajstić information content (AvgIpc) is 4.01. The fraction of sp³-hybridized carbons (Fsp3) is 0.806. The van der Waals surface area contributed by atoms with Crippen molar-refractivity contribution in [2.24, 2.45) is 11.8 Å². The van der Waals surface area contributed by atoms with E-state index in [1.807, 2.05) is 31.2 Å². The first-order valence-electron chi connectivity index (χ1n) is 29.8. The van der Waals surface area contributed by atoms with E-state index in [4.69, 9.17) is 46.4 Å². The number of Topliss-reactive ketones (excluding diaryl/α,β-unsaturated/α-hetero) is 1. The summed E-state index contributed by atoms with van der Waals surface area (Å²) in [6, 6.07) is 9.10. The number of hydrogen-bond donors (Lipinski definition) is 1. The zero-order chi connectivity index (χ0) is 58.7. The fourth-order valence-electron chi connectivity index (χ4n) is 11.2. The van der Waals surface area contributed by atoms with Gasteiger partial charge in [-0.05, 0) is 123 Å².